The average Bonchev–Trinajstić information content (AvgIpc) is 1.38. The number of primary amides is 1. The Morgan fingerprint density at radius 1 is 0.484 bits per heavy atom. The summed E-state index contributed by atoms with van der Waals surface area (Å²) in [5.74, 6) is 0.921. The molecule has 2 saturated heterocycles. The molecule has 15 rings (SSSR count). The Balaban J connectivity index is 0.000000149. The van der Waals surface area contributed by atoms with E-state index in [4.69, 9.17) is 145 Å². The predicted octanol–water partition coefficient (Wildman–Crippen LogP) is 16.9. The van der Waals surface area contributed by atoms with E-state index >= 15 is 0 Å². The molecule has 3 fully saturated rings. The van der Waals surface area contributed by atoms with Crippen LogP contribution in [0, 0.1) is 23.4 Å². The number of pyridine rings is 4. The maximum Gasteiger partial charge on any atom is 0.234 e. The number of aromatic nitrogens is 12. The van der Waals surface area contributed by atoms with E-state index in [2.05, 4.69) is 73.8 Å². The lowest BCUT2D eigenvalue weighted by Gasteiger charge is -2.24. The van der Waals surface area contributed by atoms with Gasteiger partial charge in [-0.05, 0) is 114 Å². The minimum Gasteiger partial charge on any atom is -0.495 e. The minimum absolute atomic E-state index is 0.0281. The number of piperidine rings is 1. The van der Waals surface area contributed by atoms with Gasteiger partial charge in [-0.3, -0.25) is 19.6 Å². The molecule has 1 aliphatic carbocycles. The summed E-state index contributed by atoms with van der Waals surface area (Å²) in [6, 6.07) is 18.9. The van der Waals surface area contributed by atoms with Crippen molar-refractivity contribution in [1.82, 2.24) is 60.5 Å². The molecule has 122 heavy (non-hydrogen) atoms. The summed E-state index contributed by atoms with van der Waals surface area (Å²) < 4.78 is 78.7. The Hall–Kier alpha value is -10.5. The maximum atomic E-state index is 13.9. The molecule has 15 N–H and O–H groups in total. The summed E-state index contributed by atoms with van der Waals surface area (Å²) in [5, 5.41) is 21.3. The van der Waals surface area contributed by atoms with E-state index in [1.165, 1.54) is 36.4 Å². The SMILES string of the molecule is CC(Oc1cc(-c2c[nH][n+](C3CCN(C)CC3)c2)cnc1N)c1c(Cl)ccc(F)c1Cl.CC(Oc1cc(-c2c[nH][n+](C3CNC(C(N)=O)C3)c2)cnc1N)c1c(Cl)ccc(F)c1Cl.CNC(=O)C1CCC([n+]2cc(-c3cnc(N)c(OC(C)c4c(Cl)ccc(F)c4Cl)c3)c[nH]2)C1.COc1ccc(Cl)c(C(C)Oc2cc(-c3cnn(C)c3)cnc2N)c1Cl. The number of carbonyl (C=O) groups excluding carboxylic acids is 2. The highest BCUT2D eigenvalue weighted by Gasteiger charge is 2.38. The summed E-state index contributed by atoms with van der Waals surface area (Å²) in [5.41, 5.74) is 38.0. The first-order valence-corrected chi connectivity index (χ1v) is 41.6. The van der Waals surface area contributed by atoms with Crippen LogP contribution in [0.2, 0.25) is 40.2 Å². The summed E-state index contributed by atoms with van der Waals surface area (Å²) in [4.78, 5) is 42.6. The molecule has 0 spiro atoms. The van der Waals surface area contributed by atoms with Crippen molar-refractivity contribution in [3.8, 4) is 73.3 Å². The van der Waals surface area contributed by atoms with Gasteiger partial charge in [-0.25, -0.2) is 33.1 Å². The van der Waals surface area contributed by atoms with Crippen molar-refractivity contribution < 1.29 is 60.5 Å². The van der Waals surface area contributed by atoms with Crippen LogP contribution in [0.1, 0.15) is 131 Å². The summed E-state index contributed by atoms with van der Waals surface area (Å²) >= 11 is 49.7. The van der Waals surface area contributed by atoms with Crippen molar-refractivity contribution in [2.24, 2.45) is 18.7 Å². The number of halogens is 11. The summed E-state index contributed by atoms with van der Waals surface area (Å²) in [7, 11) is 7.21. The molecule has 2 amide bonds. The number of rotatable bonds is 22. The second-order valence-electron chi connectivity index (χ2n) is 29.5. The van der Waals surface area contributed by atoms with Gasteiger partial charge in [0.25, 0.3) is 0 Å². The normalized spacial score (nSPS) is 16.8. The van der Waals surface area contributed by atoms with Gasteiger partial charge < -0.3 is 62.6 Å². The summed E-state index contributed by atoms with van der Waals surface area (Å²) in [6.07, 6.45) is 24.9. The topological polar surface area (TPSA) is 366 Å². The van der Waals surface area contributed by atoms with E-state index in [1.54, 1.807) is 94.9 Å². The number of nitrogens with two attached hydrogens (primary N) is 5. The zero-order valence-electron chi connectivity index (χ0n) is 67.3. The predicted molar refractivity (Wildman–Crippen MR) is 466 cm³/mol. The number of carbonyl (C=O) groups is 2. The molecule has 4 aromatic carbocycles. The molecule has 0 radical (unpaired) electrons. The number of nitrogens with one attached hydrogen (secondary N) is 5. The summed E-state index contributed by atoms with van der Waals surface area (Å²) in [6.45, 7) is 9.77. The molecule has 12 aromatic rings. The van der Waals surface area contributed by atoms with Crippen LogP contribution < -0.4 is 77.0 Å². The molecule has 8 aromatic heterocycles. The number of nitrogens with zero attached hydrogens (tertiary/aromatic N) is 10. The fourth-order valence-electron chi connectivity index (χ4n) is 14.5. The second-order valence-corrected chi connectivity index (χ2v) is 32.6. The Kier molecular flexibility index (Phi) is 29.9. The number of aromatic amines is 3. The van der Waals surface area contributed by atoms with Crippen LogP contribution in [0.5, 0.6) is 28.7 Å². The van der Waals surface area contributed by atoms with Gasteiger partial charge in [0, 0.05) is 166 Å². The van der Waals surface area contributed by atoms with Crippen molar-refractivity contribution >= 4 is 128 Å². The quantitative estimate of drug-likeness (QED) is 0.0222. The van der Waals surface area contributed by atoms with Crippen LogP contribution in [-0.4, -0.2) is 109 Å². The zero-order valence-corrected chi connectivity index (χ0v) is 73.3. The van der Waals surface area contributed by atoms with Crippen molar-refractivity contribution in [2.75, 3.05) is 63.8 Å². The molecule has 8 unspecified atom stereocenters. The van der Waals surface area contributed by atoms with E-state index in [9.17, 15) is 22.8 Å². The van der Waals surface area contributed by atoms with E-state index in [1.807, 2.05) is 72.6 Å². The van der Waals surface area contributed by atoms with Crippen molar-refractivity contribution in [3.05, 3.63) is 227 Å². The first-order chi connectivity index (χ1) is 58.2. The number of methoxy groups -OCH3 is 1. The average molecular weight is 1830 g/mol. The van der Waals surface area contributed by atoms with Gasteiger partial charge in [0.05, 0.1) is 81.3 Å². The van der Waals surface area contributed by atoms with Gasteiger partial charge in [-0.2, -0.15) is 20.4 Å². The molecule has 3 aliphatic rings. The number of amides is 2. The third-order valence-corrected chi connectivity index (χ3v) is 24.1. The number of hydrogen-bond acceptors (Lipinski definition) is 18. The molecule has 2 aliphatic heterocycles. The van der Waals surface area contributed by atoms with E-state index in [-0.39, 0.29) is 79.2 Å². The fourth-order valence-corrected chi connectivity index (χ4v) is 17.3. The third kappa shape index (κ3) is 21.4. The molecule has 27 nitrogen and oxygen atoms in total. The number of aryl methyl sites for hydroxylation is 1. The second kappa shape index (κ2) is 40.2. The number of likely N-dealkylation sites (tertiary alicyclic amines) is 1. The van der Waals surface area contributed by atoms with Gasteiger partial charge >= 0.3 is 0 Å². The van der Waals surface area contributed by atoms with Crippen molar-refractivity contribution in [1.29, 1.82) is 0 Å². The third-order valence-electron chi connectivity index (χ3n) is 21.2. The Morgan fingerprint density at radius 3 is 1.21 bits per heavy atom. The van der Waals surface area contributed by atoms with Crippen LogP contribution in [0.4, 0.5) is 36.4 Å². The first kappa shape index (κ1) is 90.7. The van der Waals surface area contributed by atoms with Gasteiger partial charge in [-0.15, -0.1) is 14.0 Å². The number of nitrogen functional groups attached to an aromatic ring is 4. The number of hydrogen-bond donors (Lipinski definition) is 10. The van der Waals surface area contributed by atoms with E-state index in [0.29, 0.717) is 90.1 Å². The van der Waals surface area contributed by atoms with Crippen molar-refractivity contribution in [2.45, 2.75) is 115 Å². The minimum atomic E-state index is -0.670. The molecule has 38 heteroatoms. The van der Waals surface area contributed by atoms with Crippen molar-refractivity contribution in [3.63, 3.8) is 0 Å². The van der Waals surface area contributed by atoms with Gasteiger partial charge in [0.1, 0.15) is 47.6 Å². The first-order valence-electron chi connectivity index (χ1n) is 38.6. The molecular formula is C84H90Cl8F3N20O7+3. The highest BCUT2D eigenvalue weighted by atomic mass is 35.5. The molecule has 10 heterocycles. The van der Waals surface area contributed by atoms with Gasteiger partial charge in [0.15, 0.2) is 64.4 Å². The maximum absolute atomic E-state index is 13.9. The number of benzene rings is 4. The van der Waals surface area contributed by atoms with Crippen LogP contribution in [0.25, 0.3) is 44.5 Å². The Bertz CT molecular complexity index is 5760. The monoisotopic (exact) mass is 1830 g/mol. The fraction of sp³-hybridized carbons (Fsp3) is 0.310. The van der Waals surface area contributed by atoms with Crippen LogP contribution in [0.15, 0.2) is 147 Å². The smallest absolute Gasteiger partial charge is 0.234 e. The van der Waals surface area contributed by atoms with Crippen LogP contribution in [-0.2, 0) is 16.6 Å². The highest BCUT2D eigenvalue weighted by Crippen LogP contribution is 2.44. The number of ether oxygens (including phenoxy) is 5. The van der Waals surface area contributed by atoms with E-state index in [0.717, 1.165) is 89.7 Å². The van der Waals surface area contributed by atoms with Gasteiger partial charge in [-0.1, -0.05) is 92.8 Å². The van der Waals surface area contributed by atoms with Gasteiger partial charge in [0.2, 0.25) is 30.4 Å². The van der Waals surface area contributed by atoms with Crippen LogP contribution >= 0.6 is 92.8 Å². The van der Waals surface area contributed by atoms with E-state index < -0.39 is 41.9 Å². The highest BCUT2D eigenvalue weighted by molar-refractivity contribution is 6.38. The standard InChI is InChI=1S/C23H24Cl2FN5O2.C22H24Cl2FN5O.C21H21Cl2FN6O2.C18H18Cl2N4O2/c1-12(20-17(24)5-6-18(26)21(20)25)33-19-8-14(9-29-22(19)27)15-10-30-31(11-15)16-4-3-13(7-16)23(32)28-2;1-13(20-17(23)3-4-18(25)21(20)24)31-19-9-14(10-27-22(19)26)15-11-28-30(12-15)16-5-7-29(2)8-6-16;1-10(18-14(22)2-3-15(24)19(18)23)32-17-4-11(6-28-20(17)25)12-7-29-30(9-12)13-5-16(21(26)31)27-8-13;1-10(16-13(19)4-5-14(25-3)17(16)20)26-15-6-11(7-22-18(15)21)12-8-23-24(2)9-12/h5-6,8-13,16H,3-4,7H2,1-2H3,(H3,27,28,29,32);3-4,9-13,16H,5-8H2,1-2H3,(H2,26,27);2-4,6-7,9-10,13,16,27H,5,8H2,1H3,(H4,25,26,28,31);4-10H,1-3H3,(H2,21,22)/p+3. The lowest BCUT2D eigenvalue weighted by atomic mass is 10.1. The lowest BCUT2D eigenvalue weighted by Crippen LogP contribution is -2.46. The molecule has 642 valence electrons. The van der Waals surface area contributed by atoms with Crippen LogP contribution in [0.3, 0.4) is 0 Å². The Morgan fingerprint density at radius 2 is 0.852 bits per heavy atom. The molecule has 0 bridgehead atoms. The molecular weight excluding hydrogens is 1740 g/mol. The number of H-pyrrole nitrogens is 3. The largest absolute Gasteiger partial charge is 0.495 e. The zero-order chi connectivity index (χ0) is 87.7. The number of anilines is 4. The Labute approximate surface area is 741 Å². The molecule has 1 saturated carbocycles. The lowest BCUT2D eigenvalue weighted by molar-refractivity contribution is -0.775. The molecule has 8 atom stereocenters.